The summed E-state index contributed by atoms with van der Waals surface area (Å²) < 4.78 is 0. The maximum Gasteiger partial charge on any atom is 0.339 e. The molecule has 0 aliphatic carbocycles. The molecule has 0 saturated heterocycles. The van der Waals surface area contributed by atoms with Crippen molar-refractivity contribution < 1.29 is 9.90 Å². The summed E-state index contributed by atoms with van der Waals surface area (Å²) in [5.41, 5.74) is 2.90. The first-order valence-electron chi connectivity index (χ1n) is 6.45. The van der Waals surface area contributed by atoms with E-state index in [2.05, 4.69) is 20.9 Å². The van der Waals surface area contributed by atoms with Crippen molar-refractivity contribution >= 4 is 11.7 Å². The molecule has 1 aromatic heterocycles. The normalized spacial score (nSPS) is 10.3. The second kappa shape index (κ2) is 6.14. The average molecular weight is 271 g/mol. The smallest absolute Gasteiger partial charge is 0.339 e. The minimum absolute atomic E-state index is 0.151. The molecule has 20 heavy (non-hydrogen) atoms. The summed E-state index contributed by atoms with van der Waals surface area (Å²) in [6.07, 6.45) is 2.72. The van der Waals surface area contributed by atoms with Crippen LogP contribution in [0.2, 0.25) is 0 Å². The van der Waals surface area contributed by atoms with Gasteiger partial charge in [0, 0.05) is 18.4 Å². The third kappa shape index (κ3) is 3.12. The third-order valence-electron chi connectivity index (χ3n) is 3.11. The Hall–Kier alpha value is -2.43. The monoisotopic (exact) mass is 271 g/mol. The fraction of sp³-hybridized carbons (Fsp3) is 0.267. The maximum absolute atomic E-state index is 11.2. The number of hydrogen-bond acceptors (Lipinski definition) is 4. The van der Waals surface area contributed by atoms with Crippen molar-refractivity contribution in [2.75, 3.05) is 11.4 Å². The van der Waals surface area contributed by atoms with Crippen molar-refractivity contribution in [3.8, 4) is 0 Å². The van der Waals surface area contributed by atoms with Crippen molar-refractivity contribution in [2.24, 2.45) is 0 Å². The van der Waals surface area contributed by atoms with Crippen LogP contribution in [-0.2, 0) is 6.54 Å². The second-order valence-electron chi connectivity index (χ2n) is 4.54. The number of aromatic carboxylic acids is 1. The van der Waals surface area contributed by atoms with Crippen LogP contribution in [0.5, 0.6) is 0 Å². The molecular weight excluding hydrogens is 254 g/mol. The van der Waals surface area contributed by atoms with Gasteiger partial charge in [0.1, 0.15) is 11.9 Å². The molecular formula is C15H17N3O2. The van der Waals surface area contributed by atoms with Gasteiger partial charge < -0.3 is 10.0 Å². The number of aryl methyl sites for hydroxylation is 1. The van der Waals surface area contributed by atoms with E-state index in [1.165, 1.54) is 18.1 Å². The van der Waals surface area contributed by atoms with Gasteiger partial charge in [-0.2, -0.15) is 0 Å². The fourth-order valence-corrected chi connectivity index (χ4v) is 2.05. The largest absolute Gasteiger partial charge is 0.478 e. The summed E-state index contributed by atoms with van der Waals surface area (Å²) in [7, 11) is 0. The average Bonchev–Trinajstić information content (AvgIpc) is 2.45. The van der Waals surface area contributed by atoms with Gasteiger partial charge in [-0.25, -0.2) is 14.8 Å². The summed E-state index contributed by atoms with van der Waals surface area (Å²) in [6, 6.07) is 8.11. The van der Waals surface area contributed by atoms with Gasteiger partial charge in [0.25, 0.3) is 0 Å². The molecule has 0 atom stereocenters. The number of carbonyl (C=O) groups is 1. The van der Waals surface area contributed by atoms with E-state index in [9.17, 15) is 4.79 Å². The predicted molar refractivity (Wildman–Crippen MR) is 76.9 cm³/mol. The van der Waals surface area contributed by atoms with Gasteiger partial charge in [0.2, 0.25) is 0 Å². The number of rotatable bonds is 5. The fourth-order valence-electron chi connectivity index (χ4n) is 2.05. The molecule has 2 aromatic rings. The Morgan fingerprint density at radius 3 is 2.85 bits per heavy atom. The highest BCUT2D eigenvalue weighted by Gasteiger charge is 2.14. The van der Waals surface area contributed by atoms with E-state index in [1.807, 2.05) is 32.0 Å². The minimum atomic E-state index is -0.999. The van der Waals surface area contributed by atoms with E-state index in [-0.39, 0.29) is 5.56 Å². The summed E-state index contributed by atoms with van der Waals surface area (Å²) in [4.78, 5) is 21.1. The summed E-state index contributed by atoms with van der Waals surface area (Å²) in [5.74, 6) is -0.999. The highest BCUT2D eigenvalue weighted by molar-refractivity contribution is 5.88. The molecule has 0 saturated carbocycles. The van der Waals surface area contributed by atoms with Crippen LogP contribution in [0, 0.1) is 6.92 Å². The highest BCUT2D eigenvalue weighted by atomic mass is 16.4. The lowest BCUT2D eigenvalue weighted by molar-refractivity contribution is 0.0694. The molecule has 2 rings (SSSR count). The SMILES string of the molecule is CCN(Cc1ncncc1C(=O)O)c1cccc(C)c1. The van der Waals surface area contributed by atoms with E-state index in [0.717, 1.165) is 12.2 Å². The van der Waals surface area contributed by atoms with Crippen LogP contribution in [0.4, 0.5) is 5.69 Å². The first-order chi connectivity index (χ1) is 9.61. The number of hydrogen-bond donors (Lipinski definition) is 1. The highest BCUT2D eigenvalue weighted by Crippen LogP contribution is 2.18. The minimum Gasteiger partial charge on any atom is -0.478 e. The summed E-state index contributed by atoms with van der Waals surface area (Å²) in [5, 5.41) is 9.17. The molecule has 0 aliphatic heterocycles. The lowest BCUT2D eigenvalue weighted by atomic mass is 10.1. The number of nitrogens with zero attached hydrogens (tertiary/aromatic N) is 3. The Balaban J connectivity index is 2.29. The Morgan fingerprint density at radius 2 is 2.20 bits per heavy atom. The predicted octanol–water partition coefficient (Wildman–Crippen LogP) is 2.51. The summed E-state index contributed by atoms with van der Waals surface area (Å²) >= 11 is 0. The van der Waals surface area contributed by atoms with E-state index in [1.54, 1.807) is 0 Å². The van der Waals surface area contributed by atoms with Gasteiger partial charge in [-0.1, -0.05) is 12.1 Å². The molecule has 0 amide bonds. The first kappa shape index (κ1) is 14.0. The van der Waals surface area contributed by atoms with Crippen molar-refractivity contribution in [1.82, 2.24) is 9.97 Å². The molecule has 5 nitrogen and oxygen atoms in total. The second-order valence-corrected chi connectivity index (χ2v) is 4.54. The number of carboxylic acids is 1. The quantitative estimate of drug-likeness (QED) is 0.905. The van der Waals surface area contributed by atoms with Gasteiger partial charge in [-0.15, -0.1) is 0 Å². The van der Waals surface area contributed by atoms with Crippen LogP contribution in [0.1, 0.15) is 28.5 Å². The van der Waals surface area contributed by atoms with Crippen molar-refractivity contribution in [3.05, 3.63) is 53.6 Å². The Morgan fingerprint density at radius 1 is 1.40 bits per heavy atom. The number of benzene rings is 1. The van der Waals surface area contributed by atoms with Crippen LogP contribution in [0.15, 0.2) is 36.8 Å². The van der Waals surface area contributed by atoms with E-state index < -0.39 is 5.97 Å². The maximum atomic E-state index is 11.2. The van der Waals surface area contributed by atoms with Crippen molar-refractivity contribution in [1.29, 1.82) is 0 Å². The standard InChI is InChI=1S/C15H17N3O2/c1-3-18(12-6-4-5-11(2)7-12)9-14-13(15(19)20)8-16-10-17-14/h4-8,10H,3,9H2,1-2H3,(H,19,20). The molecule has 1 N–H and O–H groups in total. The Kier molecular flexibility index (Phi) is 4.30. The molecule has 1 heterocycles. The van der Waals surface area contributed by atoms with Crippen molar-refractivity contribution in [2.45, 2.75) is 20.4 Å². The van der Waals surface area contributed by atoms with E-state index >= 15 is 0 Å². The molecule has 0 radical (unpaired) electrons. The topological polar surface area (TPSA) is 66.3 Å². The number of aromatic nitrogens is 2. The molecule has 104 valence electrons. The molecule has 1 aromatic carbocycles. The van der Waals surface area contributed by atoms with Crippen LogP contribution in [0.3, 0.4) is 0 Å². The van der Waals surface area contributed by atoms with Gasteiger partial charge in [0.05, 0.1) is 12.2 Å². The molecule has 0 bridgehead atoms. The van der Waals surface area contributed by atoms with Crippen LogP contribution >= 0.6 is 0 Å². The zero-order chi connectivity index (χ0) is 14.5. The number of carboxylic acid groups (broad SMARTS) is 1. The van der Waals surface area contributed by atoms with Crippen LogP contribution in [0.25, 0.3) is 0 Å². The van der Waals surface area contributed by atoms with Gasteiger partial charge in [-0.3, -0.25) is 0 Å². The molecule has 0 unspecified atom stereocenters. The zero-order valence-corrected chi connectivity index (χ0v) is 11.6. The summed E-state index contributed by atoms with van der Waals surface area (Å²) in [6.45, 7) is 5.28. The third-order valence-corrected chi connectivity index (χ3v) is 3.11. The van der Waals surface area contributed by atoms with Gasteiger partial charge in [-0.05, 0) is 31.5 Å². The Labute approximate surface area is 117 Å². The van der Waals surface area contributed by atoms with Crippen molar-refractivity contribution in [3.63, 3.8) is 0 Å². The lowest BCUT2D eigenvalue weighted by Gasteiger charge is -2.23. The number of anilines is 1. The van der Waals surface area contributed by atoms with Gasteiger partial charge in [0.15, 0.2) is 0 Å². The van der Waals surface area contributed by atoms with E-state index in [4.69, 9.17) is 5.11 Å². The van der Waals surface area contributed by atoms with Crippen LogP contribution < -0.4 is 4.90 Å². The Bertz CT molecular complexity index is 614. The van der Waals surface area contributed by atoms with Crippen LogP contribution in [-0.4, -0.2) is 27.6 Å². The van der Waals surface area contributed by atoms with E-state index in [0.29, 0.717) is 12.2 Å². The zero-order valence-electron chi connectivity index (χ0n) is 11.6. The molecule has 0 fully saturated rings. The molecule has 5 heteroatoms. The lowest BCUT2D eigenvalue weighted by Crippen LogP contribution is -2.24. The van der Waals surface area contributed by atoms with Gasteiger partial charge >= 0.3 is 5.97 Å². The first-order valence-corrected chi connectivity index (χ1v) is 6.45. The molecule has 0 spiro atoms. The molecule has 0 aliphatic rings.